The van der Waals surface area contributed by atoms with Crippen molar-refractivity contribution in [2.45, 2.75) is 26.9 Å². The second-order valence-electron chi connectivity index (χ2n) is 6.54. The lowest BCUT2D eigenvalue weighted by Crippen LogP contribution is -2.12. The summed E-state index contributed by atoms with van der Waals surface area (Å²) in [6.07, 6.45) is 0.919. The summed E-state index contributed by atoms with van der Waals surface area (Å²) in [6.45, 7) is 4.16. The Bertz CT molecular complexity index is 801. The number of esters is 1. The van der Waals surface area contributed by atoms with Crippen molar-refractivity contribution in [3.63, 3.8) is 0 Å². The topological polar surface area (TPSA) is 55.4 Å². The Kier molecular flexibility index (Phi) is 5.09. The van der Waals surface area contributed by atoms with Gasteiger partial charge in [-0.25, -0.2) is 0 Å². The Morgan fingerprint density at radius 2 is 1.88 bits per heavy atom. The largest absolute Gasteiger partial charge is 0.461 e. The second kappa shape index (κ2) is 7.28. The molecule has 1 saturated carbocycles. The van der Waals surface area contributed by atoms with E-state index in [1.165, 1.54) is 0 Å². The summed E-state index contributed by atoms with van der Waals surface area (Å²) in [5.74, 6) is 0.174. The van der Waals surface area contributed by atoms with E-state index in [9.17, 15) is 9.59 Å². The first-order valence-corrected chi connectivity index (χ1v) is 8.65. The number of aryl methyl sites for hydroxylation is 1. The monoisotopic (exact) mass is 357 g/mol. The molecule has 2 aromatic carbocycles. The van der Waals surface area contributed by atoms with Gasteiger partial charge in [0.25, 0.3) is 5.91 Å². The van der Waals surface area contributed by atoms with Crippen LogP contribution in [-0.4, -0.2) is 11.9 Å². The van der Waals surface area contributed by atoms with E-state index >= 15 is 0 Å². The Balaban J connectivity index is 1.56. The minimum atomic E-state index is -0.197. The van der Waals surface area contributed by atoms with E-state index < -0.39 is 0 Å². The van der Waals surface area contributed by atoms with Crippen molar-refractivity contribution in [2.24, 2.45) is 11.8 Å². The summed E-state index contributed by atoms with van der Waals surface area (Å²) in [5, 5.41) is 3.51. The summed E-state index contributed by atoms with van der Waals surface area (Å²) in [5.41, 5.74) is 3.00. The molecule has 1 aliphatic carbocycles. The SMILES string of the molecule is Cc1cc(NC(=O)c2ccc(COC(=O)[C@@H]3C[C@H]3C)cc2)ccc1Cl. The Morgan fingerprint density at radius 1 is 1.20 bits per heavy atom. The van der Waals surface area contributed by atoms with Crippen LogP contribution in [0.4, 0.5) is 5.69 Å². The summed E-state index contributed by atoms with van der Waals surface area (Å²) < 4.78 is 5.29. The molecule has 1 amide bonds. The van der Waals surface area contributed by atoms with Gasteiger partial charge in [0.1, 0.15) is 6.61 Å². The van der Waals surface area contributed by atoms with E-state index in [0.29, 0.717) is 22.2 Å². The molecule has 0 bridgehead atoms. The maximum Gasteiger partial charge on any atom is 0.309 e. The maximum atomic E-state index is 12.3. The number of amides is 1. The Morgan fingerprint density at radius 3 is 2.48 bits per heavy atom. The lowest BCUT2D eigenvalue weighted by Gasteiger charge is -2.08. The summed E-state index contributed by atoms with van der Waals surface area (Å²) in [6, 6.07) is 12.4. The molecule has 0 saturated heterocycles. The normalized spacial score (nSPS) is 18.5. The molecule has 130 valence electrons. The van der Waals surface area contributed by atoms with Crippen LogP contribution in [0.15, 0.2) is 42.5 Å². The average molecular weight is 358 g/mol. The van der Waals surface area contributed by atoms with Crippen LogP contribution in [0.3, 0.4) is 0 Å². The van der Waals surface area contributed by atoms with Crippen molar-refractivity contribution in [1.29, 1.82) is 0 Å². The summed E-state index contributed by atoms with van der Waals surface area (Å²) >= 11 is 5.99. The summed E-state index contributed by atoms with van der Waals surface area (Å²) in [7, 11) is 0. The molecule has 1 aliphatic rings. The minimum Gasteiger partial charge on any atom is -0.461 e. The van der Waals surface area contributed by atoms with Gasteiger partial charge in [-0.3, -0.25) is 9.59 Å². The van der Waals surface area contributed by atoms with E-state index in [1.54, 1.807) is 36.4 Å². The first kappa shape index (κ1) is 17.5. The van der Waals surface area contributed by atoms with Gasteiger partial charge >= 0.3 is 5.97 Å². The molecule has 0 radical (unpaired) electrons. The number of carbonyl (C=O) groups excluding carboxylic acids is 2. The third kappa shape index (κ3) is 4.40. The van der Waals surface area contributed by atoms with Crippen LogP contribution < -0.4 is 5.32 Å². The zero-order valence-corrected chi connectivity index (χ0v) is 15.0. The minimum absolute atomic E-state index is 0.0629. The van der Waals surface area contributed by atoms with E-state index in [2.05, 4.69) is 5.32 Å². The molecule has 2 atom stereocenters. The standard InChI is InChI=1S/C20H20ClNO3/c1-12-10-17(12)20(24)25-11-14-3-5-15(6-4-14)19(23)22-16-7-8-18(21)13(2)9-16/h3-9,12,17H,10-11H2,1-2H3,(H,22,23)/t12-,17-/m1/s1. The zero-order chi connectivity index (χ0) is 18.0. The first-order valence-electron chi connectivity index (χ1n) is 8.27. The predicted molar refractivity (Wildman–Crippen MR) is 97.7 cm³/mol. The smallest absolute Gasteiger partial charge is 0.309 e. The molecule has 0 aliphatic heterocycles. The third-order valence-electron chi connectivity index (χ3n) is 4.43. The van der Waals surface area contributed by atoms with Gasteiger partial charge in [-0.15, -0.1) is 0 Å². The molecule has 3 rings (SSSR count). The molecule has 4 nitrogen and oxygen atoms in total. The number of ether oxygens (including phenoxy) is 1. The molecule has 1 fully saturated rings. The van der Waals surface area contributed by atoms with Crippen LogP contribution in [0, 0.1) is 18.8 Å². The molecule has 2 aromatic rings. The number of benzene rings is 2. The molecule has 0 unspecified atom stereocenters. The molecular formula is C20H20ClNO3. The van der Waals surface area contributed by atoms with Gasteiger partial charge in [-0.2, -0.15) is 0 Å². The number of carbonyl (C=O) groups is 2. The van der Waals surface area contributed by atoms with Crippen LogP contribution >= 0.6 is 11.6 Å². The number of hydrogen-bond donors (Lipinski definition) is 1. The molecule has 0 heterocycles. The maximum absolute atomic E-state index is 12.3. The van der Waals surface area contributed by atoms with Crippen molar-refractivity contribution >= 4 is 29.2 Å². The van der Waals surface area contributed by atoms with Crippen LogP contribution in [0.25, 0.3) is 0 Å². The number of nitrogens with one attached hydrogen (secondary N) is 1. The molecular weight excluding hydrogens is 338 g/mol. The molecule has 1 N–H and O–H groups in total. The lowest BCUT2D eigenvalue weighted by atomic mass is 10.1. The molecule has 5 heteroatoms. The van der Waals surface area contributed by atoms with Gasteiger partial charge in [0.2, 0.25) is 0 Å². The van der Waals surface area contributed by atoms with Crippen LogP contribution in [0.5, 0.6) is 0 Å². The van der Waals surface area contributed by atoms with Gasteiger partial charge in [0.05, 0.1) is 5.92 Å². The average Bonchev–Trinajstić information content (AvgIpc) is 3.33. The predicted octanol–water partition coefficient (Wildman–Crippen LogP) is 4.60. The highest BCUT2D eigenvalue weighted by atomic mass is 35.5. The Hall–Kier alpha value is -2.33. The van der Waals surface area contributed by atoms with E-state index in [1.807, 2.05) is 19.9 Å². The highest BCUT2D eigenvalue weighted by Gasteiger charge is 2.40. The third-order valence-corrected chi connectivity index (χ3v) is 4.85. The number of hydrogen-bond acceptors (Lipinski definition) is 3. The zero-order valence-electron chi connectivity index (χ0n) is 14.2. The van der Waals surface area contributed by atoms with Crippen molar-refractivity contribution in [3.8, 4) is 0 Å². The van der Waals surface area contributed by atoms with Gasteiger partial charge in [-0.05, 0) is 60.7 Å². The second-order valence-corrected chi connectivity index (χ2v) is 6.95. The highest BCUT2D eigenvalue weighted by Crippen LogP contribution is 2.38. The quantitative estimate of drug-likeness (QED) is 0.795. The van der Waals surface area contributed by atoms with E-state index in [4.69, 9.17) is 16.3 Å². The van der Waals surface area contributed by atoms with E-state index in [0.717, 1.165) is 17.5 Å². The fraction of sp³-hybridized carbons (Fsp3) is 0.300. The van der Waals surface area contributed by atoms with Crippen LogP contribution in [0.1, 0.15) is 34.8 Å². The molecule has 0 aromatic heterocycles. The molecule has 0 spiro atoms. The van der Waals surface area contributed by atoms with Crippen LogP contribution in [0.2, 0.25) is 5.02 Å². The van der Waals surface area contributed by atoms with Gasteiger partial charge in [0, 0.05) is 16.3 Å². The molecule has 25 heavy (non-hydrogen) atoms. The van der Waals surface area contributed by atoms with Crippen molar-refractivity contribution in [2.75, 3.05) is 5.32 Å². The van der Waals surface area contributed by atoms with Crippen molar-refractivity contribution in [1.82, 2.24) is 0 Å². The number of halogens is 1. The fourth-order valence-electron chi connectivity index (χ4n) is 2.59. The van der Waals surface area contributed by atoms with Crippen molar-refractivity contribution in [3.05, 3.63) is 64.2 Å². The fourth-order valence-corrected chi connectivity index (χ4v) is 2.71. The van der Waals surface area contributed by atoms with Gasteiger partial charge in [0.15, 0.2) is 0 Å². The number of rotatable bonds is 5. The first-order chi connectivity index (χ1) is 11.9. The highest BCUT2D eigenvalue weighted by molar-refractivity contribution is 6.31. The van der Waals surface area contributed by atoms with Gasteiger partial charge in [-0.1, -0.05) is 30.7 Å². The van der Waals surface area contributed by atoms with Crippen molar-refractivity contribution < 1.29 is 14.3 Å². The lowest BCUT2D eigenvalue weighted by molar-refractivity contribution is -0.146. The van der Waals surface area contributed by atoms with Crippen LogP contribution in [-0.2, 0) is 16.1 Å². The van der Waals surface area contributed by atoms with Gasteiger partial charge < -0.3 is 10.1 Å². The Labute approximate surface area is 152 Å². The number of anilines is 1. The summed E-state index contributed by atoms with van der Waals surface area (Å²) in [4.78, 5) is 24.0. The van der Waals surface area contributed by atoms with E-state index in [-0.39, 0.29) is 24.4 Å².